The van der Waals surface area contributed by atoms with Crippen molar-refractivity contribution < 1.29 is 9.59 Å². The standard InChI is InChI=1S/C20H28N6O2/c1-14-17(15(2)25(3)24-14)6-7-19(27)26-10-4-5-16(13-26)11-23-20(28)18-12-21-8-9-22-18/h8-9,12,16H,4-7,10-11,13H2,1-3H3,(H,23,28). The van der Waals surface area contributed by atoms with E-state index in [1.165, 1.54) is 24.2 Å². The number of carbonyl (C=O) groups excluding carboxylic acids is 2. The summed E-state index contributed by atoms with van der Waals surface area (Å²) >= 11 is 0. The predicted molar refractivity (Wildman–Crippen MR) is 105 cm³/mol. The monoisotopic (exact) mass is 384 g/mol. The van der Waals surface area contributed by atoms with E-state index in [9.17, 15) is 9.59 Å². The van der Waals surface area contributed by atoms with Gasteiger partial charge in [-0.3, -0.25) is 19.3 Å². The number of carbonyl (C=O) groups is 2. The largest absolute Gasteiger partial charge is 0.350 e. The first-order chi connectivity index (χ1) is 13.5. The number of hydrogen-bond acceptors (Lipinski definition) is 5. The van der Waals surface area contributed by atoms with E-state index < -0.39 is 0 Å². The van der Waals surface area contributed by atoms with E-state index in [2.05, 4.69) is 20.4 Å². The van der Waals surface area contributed by atoms with E-state index in [1.54, 1.807) is 0 Å². The molecule has 0 spiro atoms. The normalized spacial score (nSPS) is 16.8. The van der Waals surface area contributed by atoms with Crippen molar-refractivity contribution in [3.05, 3.63) is 41.2 Å². The molecule has 2 amide bonds. The number of nitrogens with zero attached hydrogens (tertiary/aromatic N) is 5. The fourth-order valence-electron chi connectivity index (χ4n) is 3.77. The molecule has 0 bridgehead atoms. The number of aromatic nitrogens is 4. The molecule has 0 radical (unpaired) electrons. The zero-order valence-corrected chi connectivity index (χ0v) is 16.8. The summed E-state index contributed by atoms with van der Waals surface area (Å²) < 4.78 is 1.87. The third-order valence-corrected chi connectivity index (χ3v) is 5.47. The summed E-state index contributed by atoms with van der Waals surface area (Å²) in [4.78, 5) is 34.7. The molecule has 1 fully saturated rings. The summed E-state index contributed by atoms with van der Waals surface area (Å²) in [6, 6.07) is 0. The van der Waals surface area contributed by atoms with Gasteiger partial charge in [0, 0.05) is 51.2 Å². The number of nitrogens with one attached hydrogen (secondary N) is 1. The van der Waals surface area contributed by atoms with Crippen LogP contribution in [0.3, 0.4) is 0 Å². The summed E-state index contributed by atoms with van der Waals surface area (Å²) in [5.41, 5.74) is 3.60. The molecule has 2 aromatic heterocycles. The maximum atomic E-state index is 12.7. The van der Waals surface area contributed by atoms with Crippen LogP contribution in [-0.2, 0) is 18.3 Å². The molecule has 0 saturated carbocycles. The lowest BCUT2D eigenvalue weighted by Crippen LogP contribution is -2.43. The summed E-state index contributed by atoms with van der Waals surface area (Å²) in [6.07, 6.45) is 7.67. The number of rotatable bonds is 6. The second-order valence-electron chi connectivity index (χ2n) is 7.42. The molecule has 1 aliphatic rings. The van der Waals surface area contributed by atoms with Crippen LogP contribution in [0.2, 0.25) is 0 Å². The SMILES string of the molecule is Cc1nn(C)c(C)c1CCC(=O)N1CCCC(CNC(=O)c2cnccn2)C1. The van der Waals surface area contributed by atoms with Gasteiger partial charge in [-0.05, 0) is 44.6 Å². The Morgan fingerprint density at radius 2 is 2.11 bits per heavy atom. The molecule has 1 unspecified atom stereocenters. The minimum atomic E-state index is -0.223. The fraction of sp³-hybridized carbons (Fsp3) is 0.550. The van der Waals surface area contributed by atoms with Gasteiger partial charge in [-0.15, -0.1) is 0 Å². The first-order valence-electron chi connectivity index (χ1n) is 9.76. The van der Waals surface area contributed by atoms with E-state index in [-0.39, 0.29) is 17.7 Å². The highest BCUT2D eigenvalue weighted by Gasteiger charge is 2.24. The molecule has 3 heterocycles. The van der Waals surface area contributed by atoms with Crippen molar-refractivity contribution in [2.45, 2.75) is 39.5 Å². The number of amides is 2. The van der Waals surface area contributed by atoms with Gasteiger partial charge in [0.1, 0.15) is 5.69 Å². The van der Waals surface area contributed by atoms with Gasteiger partial charge in [0.05, 0.1) is 11.9 Å². The van der Waals surface area contributed by atoms with Crippen LogP contribution >= 0.6 is 0 Å². The second-order valence-corrected chi connectivity index (χ2v) is 7.42. The van der Waals surface area contributed by atoms with Crippen LogP contribution in [0.25, 0.3) is 0 Å². The molecule has 1 N–H and O–H groups in total. The van der Waals surface area contributed by atoms with E-state index in [0.717, 1.165) is 37.2 Å². The quantitative estimate of drug-likeness (QED) is 0.813. The molecule has 8 nitrogen and oxygen atoms in total. The van der Waals surface area contributed by atoms with Crippen LogP contribution < -0.4 is 5.32 Å². The molecule has 1 aliphatic heterocycles. The average Bonchev–Trinajstić information content (AvgIpc) is 2.96. The Morgan fingerprint density at radius 3 is 2.79 bits per heavy atom. The van der Waals surface area contributed by atoms with Crippen molar-refractivity contribution in [2.24, 2.45) is 13.0 Å². The van der Waals surface area contributed by atoms with Crippen molar-refractivity contribution in [2.75, 3.05) is 19.6 Å². The maximum absolute atomic E-state index is 12.7. The first-order valence-corrected chi connectivity index (χ1v) is 9.76. The Kier molecular flexibility index (Phi) is 6.38. The fourth-order valence-corrected chi connectivity index (χ4v) is 3.77. The summed E-state index contributed by atoms with van der Waals surface area (Å²) in [5, 5.41) is 7.33. The number of likely N-dealkylation sites (tertiary alicyclic amines) is 1. The highest BCUT2D eigenvalue weighted by molar-refractivity contribution is 5.91. The molecule has 0 aliphatic carbocycles. The van der Waals surface area contributed by atoms with Crippen molar-refractivity contribution in [3.63, 3.8) is 0 Å². The number of hydrogen-bond donors (Lipinski definition) is 1. The van der Waals surface area contributed by atoms with Gasteiger partial charge < -0.3 is 10.2 Å². The lowest BCUT2D eigenvalue weighted by molar-refractivity contribution is -0.132. The van der Waals surface area contributed by atoms with Gasteiger partial charge in [-0.25, -0.2) is 4.98 Å². The van der Waals surface area contributed by atoms with Crippen LogP contribution in [0.5, 0.6) is 0 Å². The number of piperidine rings is 1. The average molecular weight is 384 g/mol. The van der Waals surface area contributed by atoms with Crippen molar-refractivity contribution >= 4 is 11.8 Å². The lowest BCUT2D eigenvalue weighted by Gasteiger charge is -2.33. The smallest absolute Gasteiger partial charge is 0.271 e. The summed E-state index contributed by atoms with van der Waals surface area (Å²) in [7, 11) is 1.93. The Bertz CT molecular complexity index is 833. The van der Waals surface area contributed by atoms with Gasteiger partial charge in [0.2, 0.25) is 5.91 Å². The maximum Gasteiger partial charge on any atom is 0.271 e. The zero-order chi connectivity index (χ0) is 20.1. The van der Waals surface area contributed by atoms with Crippen molar-refractivity contribution in [3.8, 4) is 0 Å². The van der Waals surface area contributed by atoms with E-state index in [1.807, 2.05) is 30.5 Å². The Hall–Kier alpha value is -2.77. The molecule has 8 heteroatoms. The van der Waals surface area contributed by atoms with Gasteiger partial charge in [-0.1, -0.05) is 0 Å². The highest BCUT2D eigenvalue weighted by atomic mass is 16.2. The third kappa shape index (κ3) is 4.74. The number of aryl methyl sites for hydroxylation is 2. The first kappa shape index (κ1) is 20.0. The van der Waals surface area contributed by atoms with Crippen molar-refractivity contribution in [1.82, 2.24) is 30.0 Å². The van der Waals surface area contributed by atoms with Crippen LogP contribution in [0.15, 0.2) is 18.6 Å². The zero-order valence-electron chi connectivity index (χ0n) is 16.8. The lowest BCUT2D eigenvalue weighted by atomic mass is 9.97. The molecule has 1 saturated heterocycles. The summed E-state index contributed by atoms with van der Waals surface area (Å²) in [5.74, 6) is 0.215. The van der Waals surface area contributed by atoms with Gasteiger partial charge in [-0.2, -0.15) is 5.10 Å². The van der Waals surface area contributed by atoms with Gasteiger partial charge >= 0.3 is 0 Å². The minimum absolute atomic E-state index is 0.174. The van der Waals surface area contributed by atoms with Gasteiger partial charge in [0.25, 0.3) is 5.91 Å². The predicted octanol–water partition coefficient (Wildman–Crippen LogP) is 1.43. The Balaban J connectivity index is 1.48. The topological polar surface area (TPSA) is 93.0 Å². The third-order valence-electron chi connectivity index (χ3n) is 5.47. The Labute approximate surface area is 165 Å². The highest BCUT2D eigenvalue weighted by Crippen LogP contribution is 2.19. The molecule has 3 rings (SSSR count). The van der Waals surface area contributed by atoms with E-state index in [0.29, 0.717) is 25.2 Å². The molecule has 0 aromatic carbocycles. The minimum Gasteiger partial charge on any atom is -0.350 e. The van der Waals surface area contributed by atoms with Crippen LogP contribution in [0, 0.1) is 19.8 Å². The molecule has 150 valence electrons. The van der Waals surface area contributed by atoms with Crippen LogP contribution in [-0.4, -0.2) is 56.1 Å². The summed E-state index contributed by atoms with van der Waals surface area (Å²) in [6.45, 7) is 6.04. The molecule has 28 heavy (non-hydrogen) atoms. The van der Waals surface area contributed by atoms with Crippen molar-refractivity contribution in [1.29, 1.82) is 0 Å². The molecular weight excluding hydrogens is 356 g/mol. The van der Waals surface area contributed by atoms with Gasteiger partial charge in [0.15, 0.2) is 0 Å². The molecule has 2 aromatic rings. The Morgan fingerprint density at radius 1 is 1.29 bits per heavy atom. The van der Waals surface area contributed by atoms with E-state index >= 15 is 0 Å². The van der Waals surface area contributed by atoms with Crippen LogP contribution in [0.4, 0.5) is 0 Å². The second kappa shape index (κ2) is 8.95. The molecule has 1 atom stereocenters. The molecular formula is C20H28N6O2. The van der Waals surface area contributed by atoms with E-state index in [4.69, 9.17) is 0 Å². The van der Waals surface area contributed by atoms with Crippen LogP contribution in [0.1, 0.15) is 46.7 Å².